The SMILES string of the molecule is Cc1cccc(CNC(=O)Nc2ccc([N+](=O)[O-])cc2Cl)n1. The summed E-state index contributed by atoms with van der Waals surface area (Å²) in [6.45, 7) is 2.12. The molecule has 0 aliphatic heterocycles. The maximum atomic E-state index is 11.8. The van der Waals surface area contributed by atoms with E-state index in [-0.39, 0.29) is 17.3 Å². The zero-order valence-electron chi connectivity index (χ0n) is 11.7. The number of pyridine rings is 1. The molecule has 0 aliphatic rings. The van der Waals surface area contributed by atoms with E-state index in [2.05, 4.69) is 15.6 Å². The monoisotopic (exact) mass is 320 g/mol. The van der Waals surface area contributed by atoms with Crippen molar-refractivity contribution in [3.05, 3.63) is 62.9 Å². The number of nitrogens with zero attached hydrogens (tertiary/aromatic N) is 2. The van der Waals surface area contributed by atoms with Crippen LogP contribution in [0.3, 0.4) is 0 Å². The summed E-state index contributed by atoms with van der Waals surface area (Å²) >= 11 is 5.90. The van der Waals surface area contributed by atoms with Crippen LogP contribution < -0.4 is 10.6 Å². The second-order valence-corrected chi connectivity index (χ2v) is 4.91. The molecule has 0 atom stereocenters. The lowest BCUT2D eigenvalue weighted by molar-refractivity contribution is -0.384. The average molecular weight is 321 g/mol. The number of rotatable bonds is 4. The molecule has 22 heavy (non-hydrogen) atoms. The molecule has 1 aromatic heterocycles. The van der Waals surface area contributed by atoms with Crippen molar-refractivity contribution in [3.8, 4) is 0 Å². The number of carbonyl (C=O) groups is 1. The van der Waals surface area contributed by atoms with E-state index in [1.807, 2.05) is 19.1 Å². The van der Waals surface area contributed by atoms with Crippen molar-refractivity contribution in [1.82, 2.24) is 10.3 Å². The molecule has 0 unspecified atom stereocenters. The minimum Gasteiger partial charge on any atom is -0.332 e. The lowest BCUT2D eigenvalue weighted by atomic mass is 10.3. The van der Waals surface area contributed by atoms with Crippen LogP contribution in [0.2, 0.25) is 5.02 Å². The first-order valence-corrected chi connectivity index (χ1v) is 6.75. The molecular weight excluding hydrogens is 308 g/mol. The molecular formula is C14H13ClN4O3. The molecule has 0 aliphatic carbocycles. The van der Waals surface area contributed by atoms with Gasteiger partial charge in [0.05, 0.1) is 27.9 Å². The number of nitrogens with one attached hydrogen (secondary N) is 2. The lowest BCUT2D eigenvalue weighted by Gasteiger charge is -2.09. The Hall–Kier alpha value is -2.67. The van der Waals surface area contributed by atoms with Crippen molar-refractivity contribution >= 4 is 29.0 Å². The number of urea groups is 1. The topological polar surface area (TPSA) is 97.2 Å². The Balaban J connectivity index is 1.96. The van der Waals surface area contributed by atoms with Crippen molar-refractivity contribution in [2.45, 2.75) is 13.5 Å². The number of benzene rings is 1. The highest BCUT2D eigenvalue weighted by Gasteiger charge is 2.11. The van der Waals surface area contributed by atoms with Gasteiger partial charge in [-0.1, -0.05) is 17.7 Å². The van der Waals surface area contributed by atoms with Crippen molar-refractivity contribution in [2.75, 3.05) is 5.32 Å². The Bertz CT molecular complexity index is 721. The molecule has 1 heterocycles. The first-order chi connectivity index (χ1) is 10.5. The van der Waals surface area contributed by atoms with Crippen molar-refractivity contribution in [3.63, 3.8) is 0 Å². The first kappa shape index (κ1) is 15.7. The lowest BCUT2D eigenvalue weighted by Crippen LogP contribution is -2.28. The van der Waals surface area contributed by atoms with Gasteiger partial charge in [0.2, 0.25) is 0 Å². The fraction of sp³-hybridized carbons (Fsp3) is 0.143. The highest BCUT2D eigenvalue weighted by molar-refractivity contribution is 6.33. The van der Waals surface area contributed by atoms with Gasteiger partial charge in [0.1, 0.15) is 0 Å². The molecule has 0 fully saturated rings. The summed E-state index contributed by atoms with van der Waals surface area (Å²) in [5.41, 5.74) is 1.74. The number of hydrogen-bond donors (Lipinski definition) is 2. The van der Waals surface area contributed by atoms with Gasteiger partial charge in [0.15, 0.2) is 0 Å². The van der Waals surface area contributed by atoms with Gasteiger partial charge in [-0.2, -0.15) is 0 Å². The second-order valence-electron chi connectivity index (χ2n) is 4.50. The molecule has 114 valence electrons. The molecule has 2 amide bonds. The van der Waals surface area contributed by atoms with E-state index in [0.29, 0.717) is 5.69 Å². The van der Waals surface area contributed by atoms with Crippen molar-refractivity contribution in [1.29, 1.82) is 0 Å². The summed E-state index contributed by atoms with van der Waals surface area (Å²) in [6, 6.07) is 8.86. The highest BCUT2D eigenvalue weighted by Crippen LogP contribution is 2.26. The van der Waals surface area contributed by atoms with Crippen LogP contribution in [0.5, 0.6) is 0 Å². The van der Waals surface area contributed by atoms with Crippen molar-refractivity contribution in [2.24, 2.45) is 0 Å². The van der Waals surface area contributed by atoms with Gasteiger partial charge in [-0.3, -0.25) is 15.1 Å². The largest absolute Gasteiger partial charge is 0.332 e. The van der Waals surface area contributed by atoms with E-state index >= 15 is 0 Å². The Labute approximate surface area is 131 Å². The summed E-state index contributed by atoms with van der Waals surface area (Å²) in [4.78, 5) is 26.1. The van der Waals surface area contributed by atoms with Gasteiger partial charge in [-0.05, 0) is 25.1 Å². The minimum atomic E-state index is -0.556. The van der Waals surface area contributed by atoms with Gasteiger partial charge in [0, 0.05) is 17.8 Å². The Morgan fingerprint density at radius 3 is 2.77 bits per heavy atom. The molecule has 7 nitrogen and oxygen atoms in total. The minimum absolute atomic E-state index is 0.0954. The molecule has 1 aromatic carbocycles. The van der Waals surface area contributed by atoms with E-state index in [1.165, 1.54) is 18.2 Å². The zero-order chi connectivity index (χ0) is 16.1. The zero-order valence-corrected chi connectivity index (χ0v) is 12.4. The second kappa shape index (κ2) is 6.86. The van der Waals surface area contributed by atoms with Crippen LogP contribution >= 0.6 is 11.6 Å². The predicted octanol–water partition coefficient (Wildman–Crippen LogP) is 3.27. The molecule has 0 radical (unpaired) electrons. The smallest absolute Gasteiger partial charge is 0.319 e. The third-order valence-electron chi connectivity index (χ3n) is 2.79. The number of carbonyl (C=O) groups excluding carboxylic acids is 1. The van der Waals surface area contributed by atoms with Gasteiger partial charge >= 0.3 is 6.03 Å². The molecule has 2 N–H and O–H groups in total. The van der Waals surface area contributed by atoms with Crippen LogP contribution in [0.15, 0.2) is 36.4 Å². The molecule has 0 spiro atoms. The molecule has 8 heteroatoms. The summed E-state index contributed by atoms with van der Waals surface area (Å²) in [5, 5.41) is 15.9. The predicted molar refractivity (Wildman–Crippen MR) is 82.9 cm³/mol. The summed E-state index contributed by atoms with van der Waals surface area (Å²) in [6.07, 6.45) is 0. The number of halogens is 1. The summed E-state index contributed by atoms with van der Waals surface area (Å²) < 4.78 is 0. The number of nitro groups is 1. The van der Waals surface area contributed by atoms with E-state index in [4.69, 9.17) is 11.6 Å². The van der Waals surface area contributed by atoms with E-state index in [9.17, 15) is 14.9 Å². The van der Waals surface area contributed by atoms with Crippen LogP contribution in [0.4, 0.5) is 16.2 Å². The van der Waals surface area contributed by atoms with E-state index < -0.39 is 11.0 Å². The number of anilines is 1. The normalized spacial score (nSPS) is 10.1. The van der Waals surface area contributed by atoms with Crippen LogP contribution in [-0.4, -0.2) is 15.9 Å². The third-order valence-corrected chi connectivity index (χ3v) is 3.10. The fourth-order valence-electron chi connectivity index (χ4n) is 1.75. The van der Waals surface area contributed by atoms with Gasteiger partial charge in [-0.25, -0.2) is 4.79 Å². The van der Waals surface area contributed by atoms with Crippen LogP contribution in [0, 0.1) is 17.0 Å². The van der Waals surface area contributed by atoms with Crippen LogP contribution in [0.25, 0.3) is 0 Å². The summed E-state index contributed by atoms with van der Waals surface area (Å²) in [7, 11) is 0. The Kier molecular flexibility index (Phi) is 4.90. The third kappa shape index (κ3) is 4.16. The van der Waals surface area contributed by atoms with Crippen molar-refractivity contribution < 1.29 is 9.72 Å². The number of amides is 2. The molecule has 0 bridgehead atoms. The van der Waals surface area contributed by atoms with Gasteiger partial charge in [-0.15, -0.1) is 0 Å². The Morgan fingerprint density at radius 1 is 1.36 bits per heavy atom. The molecule has 0 saturated heterocycles. The standard InChI is InChI=1S/C14H13ClN4O3/c1-9-3-2-4-10(17-9)8-16-14(20)18-13-6-5-11(19(21)22)7-12(13)15/h2-7H,8H2,1H3,(H2,16,18,20). The molecule has 2 aromatic rings. The maximum Gasteiger partial charge on any atom is 0.319 e. The number of aromatic nitrogens is 1. The highest BCUT2D eigenvalue weighted by atomic mass is 35.5. The molecule has 2 rings (SSSR count). The maximum absolute atomic E-state index is 11.8. The fourth-order valence-corrected chi connectivity index (χ4v) is 1.98. The first-order valence-electron chi connectivity index (χ1n) is 6.37. The van der Waals surface area contributed by atoms with E-state index in [1.54, 1.807) is 6.07 Å². The summed E-state index contributed by atoms with van der Waals surface area (Å²) in [5.74, 6) is 0. The van der Waals surface area contributed by atoms with Crippen LogP contribution in [-0.2, 0) is 6.54 Å². The van der Waals surface area contributed by atoms with Gasteiger partial charge in [0.25, 0.3) is 5.69 Å². The van der Waals surface area contributed by atoms with Gasteiger partial charge < -0.3 is 10.6 Å². The van der Waals surface area contributed by atoms with Crippen LogP contribution in [0.1, 0.15) is 11.4 Å². The molecule has 0 saturated carbocycles. The quantitative estimate of drug-likeness (QED) is 0.667. The number of non-ortho nitro benzene ring substituents is 1. The number of hydrogen-bond acceptors (Lipinski definition) is 4. The number of nitro benzene ring substituents is 1. The average Bonchev–Trinajstić information content (AvgIpc) is 2.47. The number of aryl methyl sites for hydroxylation is 1. The Morgan fingerprint density at radius 2 is 2.14 bits per heavy atom. The van der Waals surface area contributed by atoms with E-state index in [0.717, 1.165) is 11.4 Å².